The van der Waals surface area contributed by atoms with Gasteiger partial charge in [0.05, 0.1) is 44.1 Å². The molecule has 739 valence electrons. The minimum atomic E-state index is -5.08. The molecule has 4 N–H and O–H groups in total. The van der Waals surface area contributed by atoms with Gasteiger partial charge in [0.1, 0.15) is 33.6 Å². The number of likely N-dealkylation sites (tertiary alicyclic amines) is 6. The minimum absolute atomic E-state index is 0. The number of esters is 1. The third kappa shape index (κ3) is 77.9. The average molecular weight is 1970 g/mol. The summed E-state index contributed by atoms with van der Waals surface area (Å²) in [6.45, 7) is 49.8. The number of ether oxygens (including phenoxy) is 9. The maximum atomic E-state index is 11.9. The SMILES string of the molecule is C.C.COC(=O)[C@H]1C[C@@H](C)N(C(=O)OC(C)(C)C)C1.COC[C@H]1C[C@@H](C)N(C(=O)OC(C)(C)C)C1.COC[C@H]1C[C@@H](C)N(C(=O)OC(C)(C)C)C1.C[C@@H]1C[C@H](C#N)CN1C(=O)OC(C)(C)C.C[C@@H]1C[C@H](C(=O)O)CN1C(=O)OC(C)(C)C.C[C@@H]1C[C@H](CO)CN1C(=O)OC(C)(C)C.O=C=O.O=C=O.O=C=O.O=C=O.O=C=O.O=C=O.O=[S-](=O)C(F)(F)F.[Li+].[Na+].[OH-].[OH-].[O]=[Ag]. The number of aliphatic carboxylic acids is 1. The summed E-state index contributed by atoms with van der Waals surface area (Å²) < 4.78 is 104. The predicted octanol–water partition coefficient (Wildman–Crippen LogP) is 3.98. The number of methoxy groups -OCH3 is 3. The first-order valence-electron chi connectivity index (χ1n) is 37.2. The number of carbonyl (C=O) groups excluding carboxylic acids is 19. The Morgan fingerprint density at radius 1 is 0.391 bits per heavy atom. The molecule has 43 nitrogen and oxygen atoms in total. The summed E-state index contributed by atoms with van der Waals surface area (Å²) in [5.41, 5.74) is -7.90. The Bertz CT molecular complexity index is 3310. The van der Waals surface area contributed by atoms with Gasteiger partial charge < -0.3 is 102 Å². The number of carbonyl (C=O) groups is 8. The van der Waals surface area contributed by atoms with Gasteiger partial charge in [0, 0.05) is 125 Å². The fourth-order valence-corrected chi connectivity index (χ4v) is 11.4. The second kappa shape index (κ2) is 77.7. The van der Waals surface area contributed by atoms with Gasteiger partial charge in [-0.1, -0.05) is 14.9 Å². The van der Waals surface area contributed by atoms with Crippen LogP contribution in [0, 0.1) is 46.8 Å². The van der Waals surface area contributed by atoms with Crippen LogP contribution in [-0.4, -0.2) is 292 Å². The summed E-state index contributed by atoms with van der Waals surface area (Å²) in [5, 5.41) is 26.7. The van der Waals surface area contributed by atoms with Crippen molar-refractivity contribution in [3.8, 4) is 6.07 Å². The predicted molar refractivity (Wildman–Crippen MR) is 422 cm³/mol. The Morgan fingerprint density at radius 2 is 0.578 bits per heavy atom. The molecule has 0 saturated carbocycles. The first-order chi connectivity index (χ1) is 55.7. The van der Waals surface area contributed by atoms with Gasteiger partial charge in [-0.2, -0.15) is 76.0 Å². The van der Waals surface area contributed by atoms with Crippen LogP contribution in [0.5, 0.6) is 0 Å². The quantitative estimate of drug-likeness (QED) is 0.157. The summed E-state index contributed by atoms with van der Waals surface area (Å²) in [4.78, 5) is 201. The van der Waals surface area contributed by atoms with Crippen LogP contribution >= 0.6 is 0 Å². The number of nitrogens with zero attached hydrogens (tertiary/aromatic N) is 7. The van der Waals surface area contributed by atoms with Gasteiger partial charge in [-0.25, -0.2) is 28.8 Å². The zero-order valence-corrected chi connectivity index (χ0v) is 81.7. The van der Waals surface area contributed by atoms with E-state index in [1.807, 2.05) is 132 Å². The summed E-state index contributed by atoms with van der Waals surface area (Å²) in [6, 6.07) is 2.88. The van der Waals surface area contributed by atoms with E-state index < -0.39 is 67.8 Å². The molecule has 0 aromatic rings. The summed E-state index contributed by atoms with van der Waals surface area (Å²) >= 11 is 1.70. The second-order valence-electron chi connectivity index (χ2n) is 33.3. The van der Waals surface area contributed by atoms with E-state index in [0.29, 0.717) is 57.5 Å². The first-order valence-corrected chi connectivity index (χ1v) is 38.9. The fraction of sp³-hybridized carbons (Fsp3) is 0.808. The van der Waals surface area contributed by atoms with Crippen molar-refractivity contribution in [2.45, 2.75) is 295 Å². The number of halogens is 3. The molecule has 6 aliphatic rings. The van der Waals surface area contributed by atoms with E-state index in [9.17, 15) is 51.5 Å². The molecule has 0 unspecified atom stereocenters. The third-order valence-corrected chi connectivity index (χ3v) is 16.2. The Balaban J connectivity index is -0.0000000951. The number of carboxylic acids is 1. The standard InChI is InChI=1S/C12H21NO4.2C12H23NO3.C11H18N2O2.C11H19NO4.C11H21NO3.CF3O2S.6CO2.2CH4.Ag.Li.Na.2H2O.O/c1-8-6-9(10(14)16-5)7-13(8)11(15)17-12(2,3)4;2*1-9-6-10(8-15-5)7-13(9)11(14)16-12(2,3)4;1-8-5-9(6-12)7-13(8)10(14)15-11(2,3)4;1-7-5-8(9(13)14)6-12(7)10(15)16-11(2,3)4;1-8-5-9(7-13)6-12(8)10(14)15-11(2,3)4;2-1(3,4)7(5)6;6*2-1-3;;;;;;;;/h8-9H,6-7H2,1-5H3;2*9-10H,6-8H2,1-5H3;8-9H,5,7H2,1-4H3;7-8H,5-6H2,1-4H3,(H,13,14);8-9,13H,5-7H2,1-4H3;;;;;;;;2*1H4;;;;2*1H2;/q;;;;;;-1;;;;;;;;;;2*+1;;;/p-2/t8-,9+;2*9-,10+;8-,9-;7-,8+;8-,9+;;;;;;;;;;;;;;;/m111111.............../s1. The van der Waals surface area contributed by atoms with E-state index in [0.717, 1.165) is 38.8 Å². The van der Waals surface area contributed by atoms with Gasteiger partial charge in [0.15, 0.2) is 0 Å². The molecule has 6 aliphatic heterocycles. The van der Waals surface area contributed by atoms with Gasteiger partial charge >= 0.3 is 164 Å². The molecule has 12 atom stereocenters. The molecule has 0 aromatic carbocycles. The number of rotatable bonds is 7. The third-order valence-electron chi connectivity index (χ3n) is 15.8. The van der Waals surface area contributed by atoms with Crippen LogP contribution in [0.2, 0.25) is 0 Å². The monoisotopic (exact) mass is 1970 g/mol. The molecule has 0 aromatic heterocycles. The molecule has 6 amide bonds. The Morgan fingerprint density at radius 3 is 0.750 bits per heavy atom. The van der Waals surface area contributed by atoms with Crippen molar-refractivity contribution in [1.82, 2.24) is 29.4 Å². The number of carboxylic acid groups (broad SMARTS) is 1. The number of hydrogen-bond acceptors (Lipinski definition) is 37. The van der Waals surface area contributed by atoms with Crippen molar-refractivity contribution >= 4 is 96.1 Å². The molecule has 128 heavy (non-hydrogen) atoms. The van der Waals surface area contributed by atoms with E-state index in [2.05, 4.69) is 19.9 Å². The van der Waals surface area contributed by atoms with Crippen molar-refractivity contribution in [3.63, 3.8) is 0 Å². The van der Waals surface area contributed by atoms with Crippen molar-refractivity contribution < 1.29 is 254 Å². The average Bonchev–Trinajstić information content (AvgIpc) is 1.74. The van der Waals surface area contributed by atoms with Crippen molar-refractivity contribution in [2.24, 2.45) is 35.5 Å². The molecular weight excluding hydrogens is 1840 g/mol. The van der Waals surface area contributed by atoms with Gasteiger partial charge in [0.25, 0.3) is 0 Å². The van der Waals surface area contributed by atoms with Gasteiger partial charge in [-0.15, -0.1) is 0 Å². The van der Waals surface area contributed by atoms with Crippen molar-refractivity contribution in [3.05, 3.63) is 0 Å². The fourth-order valence-electron chi connectivity index (χ4n) is 11.4. The normalized spacial score (nSPS) is 20.3. The summed E-state index contributed by atoms with van der Waals surface area (Å²) in [6.07, 6.45) is 4.42. The Kier molecular flexibility index (Phi) is 91.9. The first kappa shape index (κ1) is 151. The molecule has 0 bridgehead atoms. The number of alkyl halides is 3. The molecule has 0 radical (unpaired) electrons. The topological polar surface area (TPSA) is 619 Å². The molecule has 6 saturated heterocycles. The van der Waals surface area contributed by atoms with Crippen LogP contribution in [0.25, 0.3) is 0 Å². The van der Waals surface area contributed by atoms with Crippen LogP contribution < -0.4 is 48.4 Å². The molecule has 0 aliphatic carbocycles. The number of nitriles is 1. The molecule has 50 heteroatoms. The molecular formula is C78H135AgF3LiN7NaO36S-. The molecule has 0 spiro atoms. The van der Waals surface area contributed by atoms with Gasteiger partial charge in [-0.05, 0) is 205 Å². The second-order valence-corrected chi connectivity index (χ2v) is 34.2. The number of amides is 6. The van der Waals surface area contributed by atoms with Gasteiger partial charge in [-0.3, -0.25) is 9.59 Å². The number of hydrogen-bond donors (Lipinski definition) is 2. The molecule has 6 fully saturated rings. The van der Waals surface area contributed by atoms with E-state index in [4.69, 9.17) is 127 Å². The van der Waals surface area contributed by atoms with Crippen LogP contribution in [0.4, 0.5) is 41.9 Å². The van der Waals surface area contributed by atoms with Gasteiger partial charge in [0.2, 0.25) is 0 Å². The van der Waals surface area contributed by atoms with E-state index in [1.165, 1.54) is 12.0 Å². The zero-order chi connectivity index (χ0) is 98.0. The van der Waals surface area contributed by atoms with E-state index in [-0.39, 0.29) is 215 Å². The summed E-state index contributed by atoms with van der Waals surface area (Å²) in [5.74, 6) is -0.786. The molecule has 6 heterocycles. The van der Waals surface area contributed by atoms with Crippen molar-refractivity contribution in [1.29, 1.82) is 5.26 Å². The number of aliphatic hydroxyl groups is 1. The van der Waals surface area contributed by atoms with Crippen LogP contribution in [0.1, 0.15) is 220 Å². The van der Waals surface area contributed by atoms with E-state index >= 15 is 0 Å². The Hall–Kier alpha value is -7.99. The summed E-state index contributed by atoms with van der Waals surface area (Å²) in [7, 11) is 0.822. The van der Waals surface area contributed by atoms with Crippen LogP contribution in [0.15, 0.2) is 0 Å². The van der Waals surface area contributed by atoms with Crippen LogP contribution in [0.3, 0.4) is 0 Å². The van der Waals surface area contributed by atoms with Crippen LogP contribution in [-0.2, 0) is 153 Å². The van der Waals surface area contributed by atoms with Crippen molar-refractivity contribution in [2.75, 3.05) is 80.4 Å². The number of aliphatic hydroxyl groups excluding tert-OH is 1. The zero-order valence-electron chi connectivity index (χ0n) is 77.4. The van der Waals surface area contributed by atoms with E-state index in [1.54, 1.807) is 80.5 Å². The molecule has 6 rings (SSSR count). The Labute approximate surface area is 796 Å². The maximum absolute atomic E-state index is 11.9.